The topological polar surface area (TPSA) is 91.0 Å². The van der Waals surface area contributed by atoms with Crippen molar-refractivity contribution in [1.29, 1.82) is 0 Å². The third-order valence-electron chi connectivity index (χ3n) is 8.79. The number of hydrogen-bond acceptors (Lipinski definition) is 4. The van der Waals surface area contributed by atoms with Crippen LogP contribution < -0.4 is 10.6 Å². The normalized spacial score (nSPS) is 28.1. The first-order valence-corrected chi connectivity index (χ1v) is 15.2. The number of piperazine rings is 1. The van der Waals surface area contributed by atoms with Gasteiger partial charge in [-0.05, 0) is 56.8 Å². The van der Waals surface area contributed by atoms with Crippen LogP contribution in [0.4, 0.5) is 4.79 Å². The van der Waals surface area contributed by atoms with Gasteiger partial charge in [-0.1, -0.05) is 52.4 Å². The largest absolute Gasteiger partial charge is 0.376 e. The van der Waals surface area contributed by atoms with E-state index >= 15 is 0 Å². The lowest BCUT2D eigenvalue weighted by Crippen LogP contribution is -2.67. The summed E-state index contributed by atoms with van der Waals surface area (Å²) in [6, 6.07) is -0.847. The van der Waals surface area contributed by atoms with E-state index in [1.165, 1.54) is 25.7 Å². The maximum absolute atomic E-state index is 13.9. The summed E-state index contributed by atoms with van der Waals surface area (Å²) in [5.41, 5.74) is 0. The van der Waals surface area contributed by atoms with Crippen molar-refractivity contribution >= 4 is 17.8 Å². The van der Waals surface area contributed by atoms with E-state index in [1.807, 2.05) is 4.90 Å². The SMILES string of the molecule is CC(C)C[C@H]1C(=O)N(CC2CCCCC2)C[C@@H](CC(=O)NCC2CCCO2)N1C(=O)NC1CCCCC1. The lowest BCUT2D eigenvalue weighted by atomic mass is 9.87. The molecule has 0 aromatic heterocycles. The van der Waals surface area contributed by atoms with Gasteiger partial charge in [0.05, 0.1) is 12.1 Å². The lowest BCUT2D eigenvalue weighted by Gasteiger charge is -2.47. The van der Waals surface area contributed by atoms with Gasteiger partial charge >= 0.3 is 6.03 Å². The monoisotopic (exact) mass is 518 g/mol. The van der Waals surface area contributed by atoms with Gasteiger partial charge < -0.3 is 25.2 Å². The smallest absolute Gasteiger partial charge is 0.318 e. The Bertz CT molecular complexity index is 757. The predicted molar refractivity (Wildman–Crippen MR) is 144 cm³/mol. The molecule has 8 nitrogen and oxygen atoms in total. The van der Waals surface area contributed by atoms with Crippen molar-refractivity contribution < 1.29 is 19.1 Å². The lowest BCUT2D eigenvalue weighted by molar-refractivity contribution is -0.146. The standard InChI is InChI=1S/C29H50N4O4/c1-21(2)16-26-28(35)32(19-22-10-5-3-6-11-22)20-24(17-27(34)30-18-25-14-9-15-37-25)33(26)29(36)31-23-12-7-4-8-13-23/h21-26H,3-20H2,1-2H3,(H,30,34)(H,31,36)/t24-,25?,26+/m1/s1. The van der Waals surface area contributed by atoms with Crippen molar-refractivity contribution in [3.05, 3.63) is 0 Å². The van der Waals surface area contributed by atoms with Crippen LogP contribution in [0.2, 0.25) is 0 Å². The Morgan fingerprint density at radius 2 is 1.68 bits per heavy atom. The van der Waals surface area contributed by atoms with Crippen LogP contribution in [-0.4, -0.2) is 78.1 Å². The number of amides is 4. The molecule has 8 heteroatoms. The quantitative estimate of drug-likeness (QED) is 0.478. The number of nitrogens with one attached hydrogen (secondary N) is 2. The van der Waals surface area contributed by atoms with Gasteiger partial charge in [0.15, 0.2) is 0 Å². The van der Waals surface area contributed by atoms with E-state index in [0.717, 1.165) is 64.5 Å². The van der Waals surface area contributed by atoms with E-state index in [4.69, 9.17) is 4.74 Å². The van der Waals surface area contributed by atoms with Gasteiger partial charge in [-0.3, -0.25) is 9.59 Å². The van der Waals surface area contributed by atoms with Crippen LogP contribution in [0.1, 0.15) is 104 Å². The zero-order valence-electron chi connectivity index (χ0n) is 23.2. The third-order valence-corrected chi connectivity index (χ3v) is 8.79. The summed E-state index contributed by atoms with van der Waals surface area (Å²) in [5.74, 6) is 0.789. The van der Waals surface area contributed by atoms with Crippen molar-refractivity contribution in [3.63, 3.8) is 0 Å². The Balaban J connectivity index is 1.50. The minimum absolute atomic E-state index is 0.0637. The third kappa shape index (κ3) is 8.08. The minimum atomic E-state index is -0.517. The zero-order chi connectivity index (χ0) is 26.2. The molecule has 4 fully saturated rings. The Labute approximate surface area is 223 Å². The summed E-state index contributed by atoms with van der Waals surface area (Å²) in [5, 5.41) is 6.30. The fraction of sp³-hybridized carbons (Fsp3) is 0.897. The van der Waals surface area contributed by atoms with E-state index in [9.17, 15) is 14.4 Å². The van der Waals surface area contributed by atoms with Crippen LogP contribution >= 0.6 is 0 Å². The molecule has 0 aromatic rings. The Kier molecular flexibility index (Phi) is 10.5. The van der Waals surface area contributed by atoms with E-state index in [2.05, 4.69) is 24.5 Å². The number of nitrogens with zero attached hydrogens (tertiary/aromatic N) is 2. The molecular weight excluding hydrogens is 468 g/mol. The van der Waals surface area contributed by atoms with Crippen molar-refractivity contribution in [3.8, 4) is 0 Å². The van der Waals surface area contributed by atoms with Gasteiger partial charge in [-0.2, -0.15) is 0 Å². The molecule has 2 heterocycles. The second-order valence-electron chi connectivity index (χ2n) is 12.4. The Morgan fingerprint density at radius 1 is 0.973 bits per heavy atom. The van der Waals surface area contributed by atoms with Crippen LogP contribution in [0.25, 0.3) is 0 Å². The second-order valence-corrected chi connectivity index (χ2v) is 12.4. The summed E-state index contributed by atoms with van der Waals surface area (Å²) in [7, 11) is 0. The van der Waals surface area contributed by atoms with Crippen LogP contribution in [0, 0.1) is 11.8 Å². The van der Waals surface area contributed by atoms with Crippen molar-refractivity contribution in [2.75, 3.05) is 26.2 Å². The highest BCUT2D eigenvalue weighted by molar-refractivity contribution is 5.89. The van der Waals surface area contributed by atoms with Gasteiger partial charge in [0.25, 0.3) is 0 Å². The number of ether oxygens (including phenoxy) is 1. The molecule has 210 valence electrons. The molecule has 0 radical (unpaired) electrons. The molecule has 4 amide bonds. The fourth-order valence-corrected chi connectivity index (χ4v) is 6.81. The van der Waals surface area contributed by atoms with E-state index in [0.29, 0.717) is 25.4 Å². The number of urea groups is 1. The molecule has 2 saturated carbocycles. The van der Waals surface area contributed by atoms with Gasteiger partial charge in [-0.15, -0.1) is 0 Å². The first-order valence-electron chi connectivity index (χ1n) is 15.2. The van der Waals surface area contributed by atoms with Crippen molar-refractivity contribution in [2.24, 2.45) is 11.8 Å². The van der Waals surface area contributed by atoms with E-state index < -0.39 is 6.04 Å². The first-order chi connectivity index (χ1) is 17.9. The summed E-state index contributed by atoms with van der Waals surface area (Å²) in [4.78, 5) is 44.5. The molecule has 2 saturated heterocycles. The zero-order valence-corrected chi connectivity index (χ0v) is 23.2. The van der Waals surface area contributed by atoms with Crippen LogP contribution in [-0.2, 0) is 14.3 Å². The van der Waals surface area contributed by atoms with Gasteiger partial charge in [0, 0.05) is 38.7 Å². The van der Waals surface area contributed by atoms with E-state index in [1.54, 1.807) is 4.90 Å². The number of carbonyl (C=O) groups is 3. The summed E-state index contributed by atoms with van der Waals surface area (Å²) >= 11 is 0. The Morgan fingerprint density at radius 3 is 2.32 bits per heavy atom. The van der Waals surface area contributed by atoms with Gasteiger partial charge in [0.2, 0.25) is 11.8 Å². The fourth-order valence-electron chi connectivity index (χ4n) is 6.81. The maximum Gasteiger partial charge on any atom is 0.318 e. The highest BCUT2D eigenvalue weighted by atomic mass is 16.5. The van der Waals surface area contributed by atoms with E-state index in [-0.39, 0.29) is 48.4 Å². The minimum Gasteiger partial charge on any atom is -0.376 e. The molecule has 4 rings (SSSR count). The molecule has 1 unspecified atom stereocenters. The molecule has 0 spiro atoms. The molecule has 0 aromatic carbocycles. The average Bonchev–Trinajstić information content (AvgIpc) is 3.40. The molecule has 3 atom stereocenters. The van der Waals surface area contributed by atoms with Gasteiger partial charge in [-0.25, -0.2) is 4.79 Å². The van der Waals surface area contributed by atoms with Crippen LogP contribution in [0.3, 0.4) is 0 Å². The molecule has 2 N–H and O–H groups in total. The van der Waals surface area contributed by atoms with Gasteiger partial charge in [0.1, 0.15) is 6.04 Å². The highest BCUT2D eigenvalue weighted by Gasteiger charge is 2.45. The number of hydrogen-bond donors (Lipinski definition) is 2. The molecule has 0 bridgehead atoms. The summed E-state index contributed by atoms with van der Waals surface area (Å²) in [6.45, 7) is 6.67. The molecule has 2 aliphatic carbocycles. The Hall–Kier alpha value is -1.83. The molecule has 2 aliphatic heterocycles. The number of carbonyl (C=O) groups excluding carboxylic acids is 3. The first kappa shape index (κ1) is 28.2. The number of rotatable bonds is 9. The average molecular weight is 519 g/mol. The van der Waals surface area contributed by atoms with Crippen LogP contribution in [0.5, 0.6) is 0 Å². The van der Waals surface area contributed by atoms with Crippen molar-refractivity contribution in [1.82, 2.24) is 20.4 Å². The van der Waals surface area contributed by atoms with Crippen molar-refractivity contribution in [2.45, 2.75) is 128 Å². The summed E-state index contributed by atoms with van der Waals surface area (Å²) < 4.78 is 5.67. The molecular formula is C29H50N4O4. The maximum atomic E-state index is 13.9. The molecule has 37 heavy (non-hydrogen) atoms. The second kappa shape index (κ2) is 13.8. The predicted octanol–water partition coefficient (Wildman–Crippen LogP) is 4.22. The molecule has 4 aliphatic rings. The highest BCUT2D eigenvalue weighted by Crippen LogP contribution is 2.30. The summed E-state index contributed by atoms with van der Waals surface area (Å²) in [6.07, 6.45) is 14.4. The van der Waals surface area contributed by atoms with Crippen LogP contribution in [0.15, 0.2) is 0 Å².